The van der Waals surface area contributed by atoms with Gasteiger partial charge in [0.05, 0.1) is 22.6 Å². The Morgan fingerprint density at radius 1 is 1.19 bits per heavy atom. The fourth-order valence-electron chi connectivity index (χ4n) is 3.04. The third-order valence-electron chi connectivity index (χ3n) is 4.16. The number of pyridine rings is 2. The van der Waals surface area contributed by atoms with E-state index in [2.05, 4.69) is 15.2 Å². The van der Waals surface area contributed by atoms with Gasteiger partial charge in [-0.3, -0.25) is 14.5 Å². The van der Waals surface area contributed by atoms with Crippen molar-refractivity contribution in [2.45, 2.75) is 12.7 Å². The number of halogens is 4. The van der Waals surface area contributed by atoms with Crippen molar-refractivity contribution < 1.29 is 13.2 Å². The molecule has 140 valence electrons. The van der Waals surface area contributed by atoms with Crippen molar-refractivity contribution in [3.63, 3.8) is 0 Å². The van der Waals surface area contributed by atoms with E-state index in [9.17, 15) is 18.0 Å². The lowest BCUT2D eigenvalue weighted by Crippen LogP contribution is -2.28. The summed E-state index contributed by atoms with van der Waals surface area (Å²) in [5.41, 5.74) is 6.79. The van der Waals surface area contributed by atoms with Gasteiger partial charge in [-0.1, -0.05) is 12.1 Å². The number of benzene rings is 1. The van der Waals surface area contributed by atoms with Crippen molar-refractivity contribution in [1.29, 1.82) is 0 Å². The topological polar surface area (TPSA) is 89.6 Å². The van der Waals surface area contributed by atoms with Crippen LogP contribution < -0.4 is 11.3 Å². The Bertz CT molecular complexity index is 1200. The molecular formula is C17H13ClF3N5O. The number of nitrogens with zero attached hydrogens (tertiary/aromatic N) is 3. The summed E-state index contributed by atoms with van der Waals surface area (Å²) in [6, 6.07) is 8.26. The van der Waals surface area contributed by atoms with Gasteiger partial charge < -0.3 is 5.73 Å². The number of fused-ring (bicyclic) bond motifs is 3. The van der Waals surface area contributed by atoms with Crippen LogP contribution in [0, 0.1) is 0 Å². The minimum atomic E-state index is -4.54. The van der Waals surface area contributed by atoms with Crippen molar-refractivity contribution in [2.24, 2.45) is 0 Å². The Labute approximate surface area is 156 Å². The molecule has 0 aliphatic carbocycles. The van der Waals surface area contributed by atoms with Gasteiger partial charge in [-0.25, -0.2) is 4.98 Å². The highest BCUT2D eigenvalue weighted by atomic mass is 35.5. The second-order valence-corrected chi connectivity index (χ2v) is 5.83. The molecule has 0 spiro atoms. The number of alkyl halides is 3. The Morgan fingerprint density at radius 3 is 2.67 bits per heavy atom. The molecule has 4 rings (SSSR count). The van der Waals surface area contributed by atoms with Crippen LogP contribution in [0.1, 0.15) is 0 Å². The first-order chi connectivity index (χ1) is 12.3. The highest BCUT2D eigenvalue weighted by molar-refractivity contribution is 6.04. The number of rotatable bonds is 2. The molecule has 27 heavy (non-hydrogen) atoms. The molecule has 3 heterocycles. The smallest absolute Gasteiger partial charge is 0.383 e. The van der Waals surface area contributed by atoms with E-state index in [1.165, 1.54) is 18.5 Å². The minimum Gasteiger partial charge on any atom is -0.383 e. The molecule has 0 fully saturated rings. The average molecular weight is 396 g/mol. The molecule has 0 aliphatic rings. The third kappa shape index (κ3) is 3.21. The van der Waals surface area contributed by atoms with Crippen LogP contribution in [-0.4, -0.2) is 25.9 Å². The van der Waals surface area contributed by atoms with Crippen molar-refractivity contribution >= 4 is 40.0 Å². The molecule has 0 amide bonds. The first kappa shape index (κ1) is 18.7. The molecule has 6 nitrogen and oxygen atoms in total. The summed E-state index contributed by atoms with van der Waals surface area (Å²) in [7, 11) is 0. The van der Waals surface area contributed by atoms with E-state index in [1.807, 2.05) is 0 Å². The number of aromatic nitrogens is 4. The Kier molecular flexibility index (Phi) is 4.56. The summed E-state index contributed by atoms with van der Waals surface area (Å²) in [6.07, 6.45) is -1.79. The first-order valence-corrected chi connectivity index (χ1v) is 7.62. The van der Waals surface area contributed by atoms with Crippen LogP contribution in [0.25, 0.3) is 32.9 Å². The fraction of sp³-hybridized carbons (Fsp3) is 0.118. The van der Waals surface area contributed by atoms with Gasteiger partial charge >= 0.3 is 6.18 Å². The van der Waals surface area contributed by atoms with Gasteiger partial charge in [-0.15, -0.1) is 12.4 Å². The van der Waals surface area contributed by atoms with E-state index in [4.69, 9.17) is 5.73 Å². The van der Waals surface area contributed by atoms with Crippen LogP contribution in [0.3, 0.4) is 0 Å². The Balaban J connectivity index is 0.00000210. The quantitative estimate of drug-likeness (QED) is 0.543. The molecule has 1 aromatic carbocycles. The molecule has 4 aromatic rings. The standard InChI is InChI=1S/C17H12F3N5O.ClH/c18-17(19,20)8-25-13-6-9(10-2-1-5-22-15(10)21)3-4-11(13)14-12(16(25)26)7-23-24-14;/h1-7H,8H2,(H2,21,22)(H,23,24);1H. The highest BCUT2D eigenvalue weighted by Crippen LogP contribution is 2.30. The number of nitrogen functional groups attached to an aromatic ring is 1. The maximum absolute atomic E-state index is 13.0. The van der Waals surface area contributed by atoms with Crippen molar-refractivity contribution in [1.82, 2.24) is 19.7 Å². The van der Waals surface area contributed by atoms with E-state index in [-0.39, 0.29) is 29.1 Å². The summed E-state index contributed by atoms with van der Waals surface area (Å²) in [4.78, 5) is 16.6. The lowest BCUT2D eigenvalue weighted by atomic mass is 10.0. The molecule has 3 N–H and O–H groups in total. The maximum atomic E-state index is 13.0. The average Bonchev–Trinajstić information content (AvgIpc) is 3.08. The van der Waals surface area contributed by atoms with Crippen molar-refractivity contribution in [2.75, 3.05) is 5.73 Å². The normalized spacial score (nSPS) is 11.7. The summed E-state index contributed by atoms with van der Waals surface area (Å²) in [6.45, 7) is -1.39. The second-order valence-electron chi connectivity index (χ2n) is 5.83. The zero-order valence-electron chi connectivity index (χ0n) is 13.6. The van der Waals surface area contributed by atoms with E-state index in [1.54, 1.807) is 24.3 Å². The number of hydrogen-bond donors (Lipinski definition) is 2. The second kappa shape index (κ2) is 6.58. The maximum Gasteiger partial charge on any atom is 0.406 e. The fourth-order valence-corrected chi connectivity index (χ4v) is 3.04. The van der Waals surface area contributed by atoms with Crippen LogP contribution in [0.2, 0.25) is 0 Å². The zero-order valence-corrected chi connectivity index (χ0v) is 14.4. The summed E-state index contributed by atoms with van der Waals surface area (Å²) >= 11 is 0. The van der Waals surface area contributed by atoms with Gasteiger partial charge in [0.25, 0.3) is 5.56 Å². The Morgan fingerprint density at radius 2 is 1.96 bits per heavy atom. The van der Waals surface area contributed by atoms with Crippen LogP contribution in [0.15, 0.2) is 47.5 Å². The van der Waals surface area contributed by atoms with Crippen LogP contribution in [0.5, 0.6) is 0 Å². The van der Waals surface area contributed by atoms with E-state index < -0.39 is 18.3 Å². The molecule has 0 bridgehead atoms. The molecular weight excluding hydrogens is 383 g/mol. The third-order valence-corrected chi connectivity index (χ3v) is 4.16. The van der Waals surface area contributed by atoms with Crippen LogP contribution in [0.4, 0.5) is 19.0 Å². The lowest BCUT2D eigenvalue weighted by molar-refractivity contribution is -0.140. The largest absolute Gasteiger partial charge is 0.406 e. The minimum absolute atomic E-state index is 0. The summed E-state index contributed by atoms with van der Waals surface area (Å²) in [5, 5.41) is 7.05. The van der Waals surface area contributed by atoms with Gasteiger partial charge in [0, 0.05) is 17.1 Å². The van der Waals surface area contributed by atoms with E-state index in [0.717, 1.165) is 0 Å². The number of H-pyrrole nitrogens is 1. The van der Waals surface area contributed by atoms with Gasteiger partial charge in [-0.2, -0.15) is 18.3 Å². The molecule has 0 unspecified atom stereocenters. The number of nitrogens with two attached hydrogens (primary N) is 1. The van der Waals surface area contributed by atoms with Crippen molar-refractivity contribution in [3.05, 3.63) is 53.1 Å². The molecule has 0 radical (unpaired) electrons. The molecule has 3 aromatic heterocycles. The number of nitrogens with one attached hydrogen (secondary N) is 1. The highest BCUT2D eigenvalue weighted by Gasteiger charge is 2.30. The van der Waals surface area contributed by atoms with E-state index in [0.29, 0.717) is 26.6 Å². The van der Waals surface area contributed by atoms with E-state index >= 15 is 0 Å². The predicted octanol–water partition coefficient (Wildman–Crippen LogP) is 3.51. The SMILES string of the molecule is Cl.Nc1ncccc1-c1ccc2c3[nH]ncc3c(=O)n(CC(F)(F)F)c2c1. The predicted molar refractivity (Wildman–Crippen MR) is 98.8 cm³/mol. The lowest BCUT2D eigenvalue weighted by Gasteiger charge is -2.15. The van der Waals surface area contributed by atoms with Gasteiger partial charge in [0.1, 0.15) is 12.4 Å². The number of anilines is 1. The van der Waals surface area contributed by atoms with Gasteiger partial charge in [0.2, 0.25) is 0 Å². The summed E-state index contributed by atoms with van der Waals surface area (Å²) < 4.78 is 39.9. The van der Waals surface area contributed by atoms with Gasteiger partial charge in [0.15, 0.2) is 0 Å². The number of hydrogen-bond acceptors (Lipinski definition) is 4. The van der Waals surface area contributed by atoms with Crippen LogP contribution >= 0.6 is 12.4 Å². The molecule has 0 saturated heterocycles. The van der Waals surface area contributed by atoms with Crippen molar-refractivity contribution in [3.8, 4) is 11.1 Å². The monoisotopic (exact) mass is 395 g/mol. The summed E-state index contributed by atoms with van der Waals surface area (Å²) in [5.74, 6) is 0.249. The zero-order chi connectivity index (χ0) is 18.5. The molecule has 0 atom stereocenters. The van der Waals surface area contributed by atoms with Gasteiger partial charge in [-0.05, 0) is 23.8 Å². The molecule has 0 saturated carbocycles. The first-order valence-electron chi connectivity index (χ1n) is 7.62. The Hall–Kier alpha value is -3.07. The number of aromatic amines is 1. The molecule has 10 heteroatoms. The van der Waals surface area contributed by atoms with Crippen LogP contribution in [-0.2, 0) is 6.54 Å². The molecule has 0 aliphatic heterocycles.